The smallest absolute Gasteiger partial charge is 0.170 e. The van der Waals surface area contributed by atoms with Crippen LogP contribution in [0.25, 0.3) is 0 Å². The van der Waals surface area contributed by atoms with Crippen molar-refractivity contribution in [3.8, 4) is 5.75 Å². The minimum atomic E-state index is 0.686. The van der Waals surface area contributed by atoms with Crippen LogP contribution in [0.4, 0.5) is 5.69 Å². The predicted octanol–water partition coefficient (Wildman–Crippen LogP) is 4.44. The summed E-state index contributed by atoms with van der Waals surface area (Å²) in [6, 6.07) is 7.87. The summed E-state index contributed by atoms with van der Waals surface area (Å²) in [7, 11) is 0. The second-order valence-corrected chi connectivity index (χ2v) is 7.29. The molecule has 1 aromatic carbocycles. The first kappa shape index (κ1) is 17.4. The second kappa shape index (κ2) is 9.95. The van der Waals surface area contributed by atoms with Gasteiger partial charge in [-0.25, -0.2) is 0 Å². The van der Waals surface area contributed by atoms with Crippen LogP contribution in [0, 0.1) is 0 Å². The van der Waals surface area contributed by atoms with E-state index in [1.807, 2.05) is 31.2 Å². The summed E-state index contributed by atoms with van der Waals surface area (Å²) in [6.45, 7) is 3.59. The van der Waals surface area contributed by atoms with E-state index in [0.29, 0.717) is 11.7 Å². The van der Waals surface area contributed by atoms with E-state index in [1.54, 1.807) is 0 Å². The molecule has 1 fully saturated rings. The van der Waals surface area contributed by atoms with Crippen molar-refractivity contribution in [2.24, 2.45) is 0 Å². The highest BCUT2D eigenvalue weighted by Crippen LogP contribution is 2.27. The van der Waals surface area contributed by atoms with Gasteiger partial charge in [0.1, 0.15) is 5.75 Å². The molecule has 0 radical (unpaired) electrons. The summed E-state index contributed by atoms with van der Waals surface area (Å²) in [4.78, 5) is 0. The van der Waals surface area contributed by atoms with Gasteiger partial charge in [0, 0.05) is 23.2 Å². The zero-order valence-electron chi connectivity index (χ0n) is 13.3. The molecule has 0 amide bonds. The van der Waals surface area contributed by atoms with Gasteiger partial charge in [0.05, 0.1) is 6.61 Å². The molecule has 0 spiro atoms. The van der Waals surface area contributed by atoms with Gasteiger partial charge in [0.25, 0.3) is 0 Å². The van der Waals surface area contributed by atoms with Crippen LogP contribution >= 0.6 is 24.0 Å². The summed E-state index contributed by atoms with van der Waals surface area (Å²) >= 11 is 7.41. The number of benzene rings is 1. The van der Waals surface area contributed by atoms with Gasteiger partial charge >= 0.3 is 0 Å². The van der Waals surface area contributed by atoms with Crippen molar-refractivity contribution in [2.75, 3.05) is 24.2 Å². The molecule has 1 aliphatic carbocycles. The quantitative estimate of drug-likeness (QED) is 0.567. The third-order valence-corrected chi connectivity index (χ3v) is 5.35. The van der Waals surface area contributed by atoms with Crippen molar-refractivity contribution in [2.45, 2.75) is 44.3 Å². The number of hydrogen-bond donors (Lipinski definition) is 2. The number of thioether (sulfide) groups is 1. The lowest BCUT2D eigenvalue weighted by atomic mass is 10.0. The van der Waals surface area contributed by atoms with Crippen molar-refractivity contribution >= 4 is 34.8 Å². The van der Waals surface area contributed by atoms with Crippen molar-refractivity contribution in [3.63, 3.8) is 0 Å². The summed E-state index contributed by atoms with van der Waals surface area (Å²) in [5.41, 5.74) is 0.987. The molecule has 122 valence electrons. The number of nitrogens with one attached hydrogen (secondary N) is 2. The Labute approximate surface area is 143 Å². The average molecular weight is 339 g/mol. The Balaban J connectivity index is 1.60. The SMILES string of the molecule is CCOc1ccc(NC(=S)NCCSC2CCCCC2)cc1. The molecule has 2 rings (SSSR count). The maximum absolute atomic E-state index is 5.42. The van der Waals surface area contributed by atoms with Crippen LogP contribution in [-0.4, -0.2) is 29.3 Å². The lowest BCUT2D eigenvalue weighted by Crippen LogP contribution is -2.30. The molecule has 0 aromatic heterocycles. The lowest BCUT2D eigenvalue weighted by Gasteiger charge is -2.21. The summed E-state index contributed by atoms with van der Waals surface area (Å²) in [5, 5.41) is 8.04. The monoisotopic (exact) mass is 338 g/mol. The molecule has 22 heavy (non-hydrogen) atoms. The van der Waals surface area contributed by atoms with E-state index in [2.05, 4.69) is 22.4 Å². The molecule has 0 aliphatic heterocycles. The number of rotatable bonds is 7. The Morgan fingerprint density at radius 2 is 1.95 bits per heavy atom. The minimum absolute atomic E-state index is 0.686. The average Bonchev–Trinajstić information content (AvgIpc) is 2.55. The Morgan fingerprint density at radius 1 is 1.23 bits per heavy atom. The zero-order valence-corrected chi connectivity index (χ0v) is 14.9. The molecule has 2 N–H and O–H groups in total. The Kier molecular flexibility index (Phi) is 7.88. The lowest BCUT2D eigenvalue weighted by molar-refractivity contribution is 0.340. The zero-order chi connectivity index (χ0) is 15.6. The third-order valence-electron chi connectivity index (χ3n) is 3.72. The van der Waals surface area contributed by atoms with Crippen molar-refractivity contribution in [1.29, 1.82) is 0 Å². The fourth-order valence-electron chi connectivity index (χ4n) is 2.60. The summed E-state index contributed by atoms with van der Waals surface area (Å²) < 4.78 is 5.42. The Morgan fingerprint density at radius 3 is 2.64 bits per heavy atom. The third kappa shape index (κ3) is 6.44. The molecule has 1 saturated carbocycles. The molecule has 0 heterocycles. The van der Waals surface area contributed by atoms with E-state index >= 15 is 0 Å². The van der Waals surface area contributed by atoms with Gasteiger partial charge in [-0.15, -0.1) is 0 Å². The highest BCUT2D eigenvalue weighted by atomic mass is 32.2. The predicted molar refractivity (Wildman–Crippen MR) is 101 cm³/mol. The molecule has 1 aromatic rings. The van der Waals surface area contributed by atoms with Crippen LogP contribution in [0.1, 0.15) is 39.0 Å². The number of thiocarbonyl (C=S) groups is 1. The molecule has 0 bridgehead atoms. The Bertz CT molecular complexity index is 444. The molecule has 5 heteroatoms. The first-order valence-corrected chi connectivity index (χ1v) is 9.63. The van der Waals surface area contributed by atoms with E-state index in [4.69, 9.17) is 17.0 Å². The van der Waals surface area contributed by atoms with Gasteiger partial charge < -0.3 is 15.4 Å². The molecule has 0 unspecified atom stereocenters. The van der Waals surface area contributed by atoms with Gasteiger partial charge in [0.15, 0.2) is 5.11 Å². The Hall–Kier alpha value is -0.940. The van der Waals surface area contributed by atoms with E-state index in [1.165, 1.54) is 32.1 Å². The topological polar surface area (TPSA) is 33.3 Å². The van der Waals surface area contributed by atoms with E-state index in [9.17, 15) is 0 Å². The van der Waals surface area contributed by atoms with Crippen LogP contribution in [0.3, 0.4) is 0 Å². The van der Waals surface area contributed by atoms with Gasteiger partial charge in [-0.3, -0.25) is 0 Å². The van der Waals surface area contributed by atoms with Gasteiger partial charge in [0.2, 0.25) is 0 Å². The van der Waals surface area contributed by atoms with Crippen LogP contribution in [-0.2, 0) is 0 Å². The number of anilines is 1. The fourth-order valence-corrected chi connectivity index (χ4v) is 4.04. The van der Waals surface area contributed by atoms with E-state index < -0.39 is 0 Å². The van der Waals surface area contributed by atoms with Gasteiger partial charge in [-0.2, -0.15) is 11.8 Å². The molecule has 0 saturated heterocycles. The van der Waals surface area contributed by atoms with Crippen LogP contribution < -0.4 is 15.4 Å². The standard InChI is InChI=1S/C17H26N2OS2/c1-2-20-15-10-8-14(9-11-15)19-17(21)18-12-13-22-16-6-4-3-5-7-16/h8-11,16H,2-7,12-13H2,1H3,(H2,18,19,21). The molecular formula is C17H26N2OS2. The largest absolute Gasteiger partial charge is 0.494 e. The first-order chi connectivity index (χ1) is 10.8. The van der Waals surface area contributed by atoms with Crippen molar-refractivity contribution in [1.82, 2.24) is 5.32 Å². The van der Waals surface area contributed by atoms with E-state index in [0.717, 1.165) is 29.0 Å². The maximum Gasteiger partial charge on any atom is 0.170 e. The summed E-state index contributed by atoms with van der Waals surface area (Å²) in [5.74, 6) is 2.01. The van der Waals surface area contributed by atoms with Crippen molar-refractivity contribution < 1.29 is 4.74 Å². The van der Waals surface area contributed by atoms with Crippen LogP contribution in [0.2, 0.25) is 0 Å². The second-order valence-electron chi connectivity index (χ2n) is 5.47. The number of hydrogen-bond acceptors (Lipinski definition) is 3. The normalized spacial score (nSPS) is 15.3. The minimum Gasteiger partial charge on any atom is -0.494 e. The van der Waals surface area contributed by atoms with E-state index in [-0.39, 0.29) is 0 Å². The van der Waals surface area contributed by atoms with Crippen molar-refractivity contribution in [3.05, 3.63) is 24.3 Å². The maximum atomic E-state index is 5.42. The first-order valence-electron chi connectivity index (χ1n) is 8.17. The summed E-state index contributed by atoms with van der Waals surface area (Å²) in [6.07, 6.45) is 7.01. The highest BCUT2D eigenvalue weighted by Gasteiger charge is 2.12. The van der Waals surface area contributed by atoms with Crippen LogP contribution in [0.15, 0.2) is 24.3 Å². The molecule has 0 atom stereocenters. The highest BCUT2D eigenvalue weighted by molar-refractivity contribution is 7.99. The fraction of sp³-hybridized carbons (Fsp3) is 0.588. The molecule has 1 aliphatic rings. The number of ether oxygens (including phenoxy) is 1. The van der Waals surface area contributed by atoms with Crippen LogP contribution in [0.5, 0.6) is 5.75 Å². The molecule has 3 nitrogen and oxygen atoms in total. The van der Waals surface area contributed by atoms with Gasteiger partial charge in [-0.1, -0.05) is 19.3 Å². The molecular weight excluding hydrogens is 312 g/mol. The van der Waals surface area contributed by atoms with Gasteiger partial charge in [-0.05, 0) is 56.2 Å².